The van der Waals surface area contributed by atoms with Gasteiger partial charge in [0.1, 0.15) is 6.04 Å². The van der Waals surface area contributed by atoms with Crippen molar-refractivity contribution in [1.82, 2.24) is 10.8 Å². The van der Waals surface area contributed by atoms with Crippen LogP contribution in [0.3, 0.4) is 0 Å². The van der Waals surface area contributed by atoms with E-state index in [0.29, 0.717) is 19.4 Å². The molecule has 0 unspecified atom stereocenters. The van der Waals surface area contributed by atoms with E-state index in [0.717, 1.165) is 0 Å². The zero-order chi connectivity index (χ0) is 10.3. The van der Waals surface area contributed by atoms with E-state index in [2.05, 4.69) is 5.32 Å². The highest BCUT2D eigenvalue weighted by atomic mass is 16.5. The molecule has 0 aromatic heterocycles. The van der Waals surface area contributed by atoms with Gasteiger partial charge in [-0.1, -0.05) is 0 Å². The van der Waals surface area contributed by atoms with Crippen LogP contribution in [-0.2, 0) is 4.79 Å². The number of hydroxylamine groups is 1. The number of nitrogens with two attached hydrogens (primary N) is 2. The third kappa shape index (κ3) is 5.88. The molecule has 1 atom stereocenters. The molecule has 0 bridgehead atoms. The van der Waals surface area contributed by atoms with E-state index in [1.165, 1.54) is 0 Å². The molecule has 0 saturated carbocycles. The second-order valence-electron chi connectivity index (χ2n) is 2.57. The van der Waals surface area contributed by atoms with E-state index in [-0.39, 0.29) is 5.96 Å². The van der Waals surface area contributed by atoms with Crippen molar-refractivity contribution in [2.45, 2.75) is 18.9 Å². The molecule has 0 aromatic rings. The highest BCUT2D eigenvalue weighted by molar-refractivity contribution is 5.79. The van der Waals surface area contributed by atoms with E-state index in [1.54, 1.807) is 5.48 Å². The van der Waals surface area contributed by atoms with Crippen LogP contribution in [-0.4, -0.2) is 29.7 Å². The fourth-order valence-electron chi connectivity index (χ4n) is 0.800. The Labute approximate surface area is 75.9 Å². The number of nitrogens with one attached hydrogen (secondary N) is 3. The van der Waals surface area contributed by atoms with Crippen LogP contribution in [0, 0.1) is 5.41 Å². The van der Waals surface area contributed by atoms with Gasteiger partial charge in [-0.2, -0.15) is 5.48 Å². The maximum Gasteiger partial charge on any atom is 0.236 e. The monoisotopic (exact) mass is 189 g/mol. The zero-order valence-electron chi connectivity index (χ0n) is 7.21. The van der Waals surface area contributed by atoms with Gasteiger partial charge in [-0.05, 0) is 12.8 Å². The average Bonchev–Trinajstić information content (AvgIpc) is 2.03. The highest BCUT2D eigenvalue weighted by Crippen LogP contribution is 1.94. The lowest BCUT2D eigenvalue weighted by atomic mass is 10.1. The van der Waals surface area contributed by atoms with Crippen molar-refractivity contribution >= 4 is 11.9 Å². The van der Waals surface area contributed by atoms with Gasteiger partial charge in [0.25, 0.3) is 0 Å². The summed E-state index contributed by atoms with van der Waals surface area (Å²) in [5, 5.41) is 17.8. The lowest BCUT2D eigenvalue weighted by molar-refractivity contribution is -0.122. The van der Waals surface area contributed by atoms with Crippen molar-refractivity contribution in [2.24, 2.45) is 11.5 Å². The molecule has 0 spiro atoms. The summed E-state index contributed by atoms with van der Waals surface area (Å²) in [6, 6.07) is -0.742. The number of guanidine groups is 1. The van der Waals surface area contributed by atoms with Crippen molar-refractivity contribution in [3.8, 4) is 0 Å². The van der Waals surface area contributed by atoms with E-state index in [1.807, 2.05) is 0 Å². The number of primary amides is 1. The number of hydrogen-bond acceptors (Lipinski definition) is 4. The number of carbonyl (C=O) groups is 1. The first-order valence-corrected chi connectivity index (χ1v) is 3.84. The summed E-state index contributed by atoms with van der Waals surface area (Å²) in [6.07, 6.45) is 0.979. The summed E-state index contributed by atoms with van der Waals surface area (Å²) in [5.74, 6) is -0.724. The number of hydrogen-bond donors (Lipinski definition) is 6. The predicted molar refractivity (Wildman–Crippen MR) is 47.1 cm³/mol. The average molecular weight is 189 g/mol. The normalized spacial score (nSPS) is 12.1. The van der Waals surface area contributed by atoms with Crippen molar-refractivity contribution < 1.29 is 10.0 Å². The minimum absolute atomic E-state index is 0.118. The van der Waals surface area contributed by atoms with Gasteiger partial charge in [0.05, 0.1) is 0 Å². The zero-order valence-corrected chi connectivity index (χ0v) is 7.21. The van der Waals surface area contributed by atoms with E-state index in [4.69, 9.17) is 22.1 Å². The lowest BCUT2D eigenvalue weighted by Gasteiger charge is -2.10. The smallest absolute Gasteiger partial charge is 0.236 e. The first kappa shape index (κ1) is 11.7. The Bertz CT molecular complexity index is 184. The van der Waals surface area contributed by atoms with Gasteiger partial charge in [-0.3, -0.25) is 10.2 Å². The lowest BCUT2D eigenvalue weighted by Crippen LogP contribution is -2.40. The molecule has 0 saturated heterocycles. The maximum atomic E-state index is 10.6. The minimum atomic E-state index is -0.742. The first-order chi connectivity index (χ1) is 6.07. The van der Waals surface area contributed by atoms with Gasteiger partial charge in [0.2, 0.25) is 5.91 Å². The molecule has 0 aliphatic carbocycles. The van der Waals surface area contributed by atoms with Crippen LogP contribution in [0.1, 0.15) is 12.8 Å². The van der Waals surface area contributed by atoms with Gasteiger partial charge < -0.3 is 22.0 Å². The van der Waals surface area contributed by atoms with Gasteiger partial charge in [0.15, 0.2) is 5.96 Å². The SMILES string of the molecule is N=C(N)NCCC[C@H](NO)C(N)=O. The Morgan fingerprint density at radius 1 is 1.54 bits per heavy atom. The van der Waals surface area contributed by atoms with Crippen LogP contribution in [0.25, 0.3) is 0 Å². The highest BCUT2D eigenvalue weighted by Gasteiger charge is 2.12. The number of rotatable bonds is 6. The van der Waals surface area contributed by atoms with Gasteiger partial charge in [-0.25, -0.2) is 0 Å². The fourth-order valence-corrected chi connectivity index (χ4v) is 0.800. The second-order valence-corrected chi connectivity index (χ2v) is 2.57. The summed E-state index contributed by atoms with van der Waals surface area (Å²) < 4.78 is 0. The van der Waals surface area contributed by atoms with E-state index < -0.39 is 11.9 Å². The Morgan fingerprint density at radius 3 is 2.54 bits per heavy atom. The van der Waals surface area contributed by atoms with Crippen LogP contribution < -0.4 is 22.3 Å². The summed E-state index contributed by atoms with van der Waals surface area (Å²) in [6.45, 7) is 0.473. The van der Waals surface area contributed by atoms with Crippen molar-refractivity contribution in [3.63, 3.8) is 0 Å². The molecule has 7 heteroatoms. The molecule has 7 nitrogen and oxygen atoms in total. The van der Waals surface area contributed by atoms with E-state index in [9.17, 15) is 4.79 Å². The summed E-state index contributed by atoms with van der Waals surface area (Å²) >= 11 is 0. The number of amides is 1. The van der Waals surface area contributed by atoms with Crippen molar-refractivity contribution in [2.75, 3.05) is 6.54 Å². The fraction of sp³-hybridized carbons (Fsp3) is 0.667. The van der Waals surface area contributed by atoms with Crippen molar-refractivity contribution in [3.05, 3.63) is 0 Å². The molecule has 0 radical (unpaired) electrons. The van der Waals surface area contributed by atoms with Crippen LogP contribution in [0.2, 0.25) is 0 Å². The Morgan fingerprint density at radius 2 is 2.15 bits per heavy atom. The second kappa shape index (κ2) is 6.21. The minimum Gasteiger partial charge on any atom is -0.370 e. The first-order valence-electron chi connectivity index (χ1n) is 3.84. The molecule has 0 rings (SSSR count). The molecule has 1 amide bonds. The molecule has 0 heterocycles. The van der Waals surface area contributed by atoms with Crippen LogP contribution >= 0.6 is 0 Å². The largest absolute Gasteiger partial charge is 0.370 e. The number of carbonyl (C=O) groups excluding carboxylic acids is 1. The topological polar surface area (TPSA) is 137 Å². The van der Waals surface area contributed by atoms with Crippen molar-refractivity contribution in [1.29, 1.82) is 5.41 Å². The third-order valence-corrected chi connectivity index (χ3v) is 1.48. The van der Waals surface area contributed by atoms with Crippen LogP contribution in [0.4, 0.5) is 0 Å². The van der Waals surface area contributed by atoms with Crippen LogP contribution in [0.5, 0.6) is 0 Å². The van der Waals surface area contributed by atoms with Gasteiger partial charge >= 0.3 is 0 Å². The van der Waals surface area contributed by atoms with Gasteiger partial charge in [-0.15, -0.1) is 0 Å². The Kier molecular flexibility index (Phi) is 5.57. The molecular formula is C6H15N5O2. The molecular weight excluding hydrogens is 174 g/mol. The molecule has 13 heavy (non-hydrogen) atoms. The molecule has 8 N–H and O–H groups in total. The molecule has 0 aliphatic rings. The summed E-state index contributed by atoms with van der Waals surface area (Å²) in [4.78, 5) is 10.6. The predicted octanol–water partition coefficient (Wildman–Crippen LogP) is -1.92. The molecule has 76 valence electrons. The molecule has 0 aromatic carbocycles. The quantitative estimate of drug-likeness (QED) is 0.125. The van der Waals surface area contributed by atoms with E-state index >= 15 is 0 Å². The standard InChI is InChI=1S/C6H15N5O2/c7-5(12)4(11-13)2-1-3-10-6(8)9/h4,11,13H,1-3H2,(H2,7,12)(H4,8,9,10)/t4-/m0/s1. The molecule has 0 fully saturated rings. The molecule has 0 aliphatic heterocycles. The summed E-state index contributed by atoms with van der Waals surface area (Å²) in [7, 11) is 0. The van der Waals surface area contributed by atoms with Crippen LogP contribution in [0.15, 0.2) is 0 Å². The Balaban J connectivity index is 3.50. The summed E-state index contributed by atoms with van der Waals surface area (Å²) in [5.41, 5.74) is 11.8. The Hall–Kier alpha value is -1.34. The maximum absolute atomic E-state index is 10.6. The van der Waals surface area contributed by atoms with Gasteiger partial charge in [0, 0.05) is 6.54 Å². The third-order valence-electron chi connectivity index (χ3n) is 1.48.